The fraction of sp³-hybridized carbons (Fsp3) is 0.387. The summed E-state index contributed by atoms with van der Waals surface area (Å²) in [6.45, 7) is 10.3. The second-order valence-corrected chi connectivity index (χ2v) is 11.2. The fourth-order valence-electron chi connectivity index (χ4n) is 6.15. The van der Waals surface area contributed by atoms with E-state index < -0.39 is 0 Å². The molecule has 40 heavy (non-hydrogen) atoms. The van der Waals surface area contributed by atoms with E-state index in [0.717, 1.165) is 59.5 Å². The molecule has 1 atom stereocenters. The van der Waals surface area contributed by atoms with Crippen LogP contribution in [0.5, 0.6) is 0 Å². The molecule has 0 spiro atoms. The quantitative estimate of drug-likeness (QED) is 0.298. The lowest BCUT2D eigenvalue weighted by Gasteiger charge is -2.20. The summed E-state index contributed by atoms with van der Waals surface area (Å²) < 4.78 is 13.8. The normalized spacial score (nSPS) is 16.2. The van der Waals surface area contributed by atoms with Gasteiger partial charge in [-0.05, 0) is 99.6 Å². The van der Waals surface area contributed by atoms with E-state index in [4.69, 9.17) is 4.98 Å². The van der Waals surface area contributed by atoms with Gasteiger partial charge in [-0.2, -0.15) is 0 Å². The van der Waals surface area contributed by atoms with Crippen molar-refractivity contribution >= 4 is 22.6 Å². The number of anilines is 1. The number of likely N-dealkylation sites (tertiary alicyclic amines) is 1. The predicted molar refractivity (Wildman–Crippen MR) is 155 cm³/mol. The number of benzene rings is 2. The van der Waals surface area contributed by atoms with Crippen molar-refractivity contribution in [3.8, 4) is 11.4 Å². The molecule has 0 saturated carbocycles. The highest BCUT2D eigenvalue weighted by molar-refractivity contribution is 6.04. The number of hydrogen-bond acceptors (Lipinski definition) is 5. The van der Waals surface area contributed by atoms with Crippen LogP contribution in [0, 0.1) is 19.7 Å². The van der Waals surface area contributed by atoms with Crippen molar-refractivity contribution in [1.82, 2.24) is 24.8 Å². The van der Waals surface area contributed by atoms with Crippen LogP contribution in [0.15, 0.2) is 41.3 Å². The van der Waals surface area contributed by atoms with Gasteiger partial charge in [0.05, 0.1) is 16.7 Å². The molecule has 0 aliphatic carbocycles. The number of rotatable bonds is 8. The van der Waals surface area contributed by atoms with Crippen molar-refractivity contribution in [2.24, 2.45) is 0 Å². The van der Waals surface area contributed by atoms with Crippen LogP contribution >= 0.6 is 0 Å². The summed E-state index contributed by atoms with van der Waals surface area (Å²) in [6, 6.07) is 8.55. The van der Waals surface area contributed by atoms with Gasteiger partial charge in [0.1, 0.15) is 17.2 Å². The van der Waals surface area contributed by atoms with Crippen molar-refractivity contribution in [1.29, 1.82) is 0 Å². The Morgan fingerprint density at radius 3 is 2.67 bits per heavy atom. The molecular weight excluding hydrogens is 507 g/mol. The number of nitrogens with one attached hydrogen (secondary N) is 3. The highest BCUT2D eigenvalue weighted by atomic mass is 19.1. The molecule has 2 aromatic carbocycles. The molecule has 9 heteroatoms. The summed E-state index contributed by atoms with van der Waals surface area (Å²) in [5.74, 6) is 0.237. The third-order valence-corrected chi connectivity index (χ3v) is 8.29. The van der Waals surface area contributed by atoms with Gasteiger partial charge in [0.2, 0.25) is 0 Å². The van der Waals surface area contributed by atoms with Crippen molar-refractivity contribution in [3.63, 3.8) is 0 Å². The van der Waals surface area contributed by atoms with Gasteiger partial charge in [-0.1, -0.05) is 6.07 Å². The lowest BCUT2D eigenvalue weighted by molar-refractivity contribution is 0.0763. The lowest BCUT2D eigenvalue weighted by Crippen LogP contribution is -2.34. The number of imidazole rings is 1. The minimum atomic E-state index is -0.271. The van der Waals surface area contributed by atoms with Gasteiger partial charge in [-0.25, -0.2) is 9.37 Å². The predicted octanol–water partition coefficient (Wildman–Crippen LogP) is 4.77. The summed E-state index contributed by atoms with van der Waals surface area (Å²) in [5.41, 5.74) is 6.76. The van der Waals surface area contributed by atoms with E-state index in [1.54, 1.807) is 18.3 Å². The Kier molecular flexibility index (Phi) is 6.92. The van der Waals surface area contributed by atoms with Gasteiger partial charge in [0.15, 0.2) is 0 Å². The van der Waals surface area contributed by atoms with E-state index >= 15 is 0 Å². The Hall–Kier alpha value is -3.98. The highest BCUT2D eigenvalue weighted by Crippen LogP contribution is 2.33. The number of aromatic nitrogens is 3. The zero-order valence-corrected chi connectivity index (χ0v) is 23.2. The second kappa shape index (κ2) is 10.5. The molecule has 6 rings (SSSR count). The molecule has 1 saturated heterocycles. The maximum absolute atomic E-state index is 13.8. The number of pyridine rings is 1. The van der Waals surface area contributed by atoms with Gasteiger partial charge in [0, 0.05) is 37.4 Å². The van der Waals surface area contributed by atoms with E-state index in [2.05, 4.69) is 20.2 Å². The number of halogens is 1. The molecular formula is C31H35FN6O2. The van der Waals surface area contributed by atoms with Crippen LogP contribution in [-0.2, 0) is 13.0 Å². The SMILES string of the molecule is Cc1ccc(F)cc1CC(C)Nc1cc[nH]c(=O)c1-c1nc2c(C)c3c(cc2[nH]1)CN(CCN1CCCC1)C3=O. The van der Waals surface area contributed by atoms with Crippen molar-refractivity contribution in [2.45, 2.75) is 52.6 Å². The van der Waals surface area contributed by atoms with Gasteiger partial charge in [-0.3, -0.25) is 9.59 Å². The maximum atomic E-state index is 13.8. The molecule has 0 radical (unpaired) electrons. The smallest absolute Gasteiger partial charge is 0.261 e. The minimum Gasteiger partial charge on any atom is -0.381 e. The maximum Gasteiger partial charge on any atom is 0.261 e. The van der Waals surface area contributed by atoms with Crippen LogP contribution < -0.4 is 10.9 Å². The molecule has 208 valence electrons. The number of aromatic amines is 2. The number of nitrogens with zero attached hydrogens (tertiary/aromatic N) is 3. The summed E-state index contributed by atoms with van der Waals surface area (Å²) in [4.78, 5) is 41.7. The zero-order valence-electron chi connectivity index (χ0n) is 23.2. The first-order chi connectivity index (χ1) is 19.3. The van der Waals surface area contributed by atoms with E-state index in [-0.39, 0.29) is 23.3 Å². The standard InChI is InChI=1S/C31H35FN6O2/c1-18-6-7-23(32)15-21(18)14-19(2)34-24-8-9-33-30(39)27(24)29-35-25-16-22-17-38(13-12-37-10-4-5-11-37)31(40)26(22)20(3)28(25)36-29/h6-9,15-16,19H,4-5,10-14,17H2,1-3H3,(H,35,36)(H2,33,34,39). The Labute approximate surface area is 232 Å². The average Bonchev–Trinajstić information content (AvgIpc) is 3.65. The summed E-state index contributed by atoms with van der Waals surface area (Å²) in [5, 5.41) is 3.43. The van der Waals surface area contributed by atoms with Crippen molar-refractivity contribution in [2.75, 3.05) is 31.5 Å². The number of carbonyl (C=O) groups is 1. The Balaban J connectivity index is 1.27. The van der Waals surface area contributed by atoms with E-state index in [1.165, 1.54) is 18.9 Å². The number of fused-ring (bicyclic) bond motifs is 2. The average molecular weight is 543 g/mol. The van der Waals surface area contributed by atoms with Crippen LogP contribution in [0.4, 0.5) is 10.1 Å². The number of amides is 1. The fourth-order valence-corrected chi connectivity index (χ4v) is 6.15. The zero-order chi connectivity index (χ0) is 28.0. The third-order valence-electron chi connectivity index (χ3n) is 8.29. The third kappa shape index (κ3) is 4.90. The molecule has 0 bridgehead atoms. The molecule has 4 heterocycles. The van der Waals surface area contributed by atoms with Crippen molar-refractivity contribution in [3.05, 3.63) is 80.5 Å². The second-order valence-electron chi connectivity index (χ2n) is 11.2. The van der Waals surface area contributed by atoms with Crippen LogP contribution in [0.2, 0.25) is 0 Å². The molecule has 2 aliphatic heterocycles. The summed E-state index contributed by atoms with van der Waals surface area (Å²) >= 11 is 0. The Morgan fingerprint density at radius 1 is 1.07 bits per heavy atom. The summed E-state index contributed by atoms with van der Waals surface area (Å²) in [6.07, 6.45) is 4.67. The minimum absolute atomic E-state index is 0.0551. The molecule has 2 aliphatic rings. The van der Waals surface area contributed by atoms with E-state index in [9.17, 15) is 14.0 Å². The number of aryl methyl sites for hydroxylation is 2. The van der Waals surface area contributed by atoms with Crippen LogP contribution in [-0.4, -0.2) is 62.9 Å². The monoisotopic (exact) mass is 542 g/mol. The lowest BCUT2D eigenvalue weighted by atomic mass is 10.0. The van der Waals surface area contributed by atoms with Gasteiger partial charge in [-0.15, -0.1) is 0 Å². The molecule has 1 fully saturated rings. The summed E-state index contributed by atoms with van der Waals surface area (Å²) in [7, 11) is 0. The highest BCUT2D eigenvalue weighted by Gasteiger charge is 2.31. The molecule has 3 N–H and O–H groups in total. The molecule has 1 amide bonds. The van der Waals surface area contributed by atoms with Gasteiger partial charge >= 0.3 is 0 Å². The first-order valence-corrected chi connectivity index (χ1v) is 14.1. The van der Waals surface area contributed by atoms with E-state index in [0.29, 0.717) is 35.6 Å². The first kappa shape index (κ1) is 26.3. The number of H-pyrrole nitrogens is 2. The van der Waals surface area contributed by atoms with Gasteiger partial charge < -0.3 is 25.1 Å². The molecule has 2 aromatic heterocycles. The van der Waals surface area contributed by atoms with Crippen LogP contribution in [0.3, 0.4) is 0 Å². The Bertz CT molecular complexity index is 1650. The largest absolute Gasteiger partial charge is 0.381 e. The molecule has 1 unspecified atom stereocenters. The van der Waals surface area contributed by atoms with Crippen LogP contribution in [0.1, 0.15) is 52.4 Å². The van der Waals surface area contributed by atoms with E-state index in [1.807, 2.05) is 37.8 Å². The van der Waals surface area contributed by atoms with Crippen LogP contribution in [0.25, 0.3) is 22.4 Å². The van der Waals surface area contributed by atoms with Gasteiger partial charge in [0.25, 0.3) is 11.5 Å². The molecule has 8 nitrogen and oxygen atoms in total. The number of hydrogen-bond donors (Lipinski definition) is 3. The number of carbonyl (C=O) groups excluding carboxylic acids is 1. The van der Waals surface area contributed by atoms with Crippen molar-refractivity contribution < 1.29 is 9.18 Å². The topological polar surface area (TPSA) is 97.1 Å². The first-order valence-electron chi connectivity index (χ1n) is 14.1. The molecule has 4 aromatic rings. The Morgan fingerprint density at radius 2 is 1.88 bits per heavy atom.